The molecule has 0 rings (SSSR count). The van der Waals surface area contributed by atoms with Crippen molar-refractivity contribution in [3.8, 4) is 0 Å². The molecule has 0 aromatic heterocycles. The molecule has 0 saturated carbocycles. The Balaban J connectivity index is 4.52. The SMILES string of the molecule is CCCCCCC(C)(CN)N(C)C(C)C(C)(C)C. The van der Waals surface area contributed by atoms with Gasteiger partial charge in [-0.15, -0.1) is 0 Å². The van der Waals surface area contributed by atoms with Gasteiger partial charge in [0.25, 0.3) is 0 Å². The molecule has 0 aromatic carbocycles. The summed E-state index contributed by atoms with van der Waals surface area (Å²) in [6, 6.07) is 0.539. The van der Waals surface area contributed by atoms with Crippen LogP contribution in [-0.4, -0.2) is 30.1 Å². The van der Waals surface area contributed by atoms with Crippen molar-refractivity contribution < 1.29 is 0 Å². The highest BCUT2D eigenvalue weighted by Crippen LogP contribution is 2.30. The third-order valence-corrected chi connectivity index (χ3v) is 4.69. The van der Waals surface area contributed by atoms with Crippen molar-refractivity contribution >= 4 is 0 Å². The molecule has 2 atom stereocenters. The first-order valence-corrected chi connectivity index (χ1v) is 7.62. The number of rotatable bonds is 8. The molecule has 0 aliphatic heterocycles. The Morgan fingerprint density at radius 2 is 1.61 bits per heavy atom. The van der Waals surface area contributed by atoms with Gasteiger partial charge < -0.3 is 5.73 Å². The van der Waals surface area contributed by atoms with E-state index >= 15 is 0 Å². The average Bonchev–Trinajstić information content (AvgIpc) is 2.31. The molecule has 2 heteroatoms. The van der Waals surface area contributed by atoms with Gasteiger partial charge in [-0.05, 0) is 32.7 Å². The molecule has 0 bridgehead atoms. The van der Waals surface area contributed by atoms with E-state index in [0.29, 0.717) is 11.5 Å². The van der Waals surface area contributed by atoms with Gasteiger partial charge in [-0.3, -0.25) is 4.90 Å². The monoisotopic (exact) mass is 256 g/mol. The summed E-state index contributed by atoms with van der Waals surface area (Å²) in [5.74, 6) is 0. The molecule has 0 fully saturated rings. The second-order valence-electron chi connectivity index (χ2n) is 7.16. The Bertz CT molecular complexity index is 220. The number of likely N-dealkylation sites (N-methyl/N-ethyl adjacent to an activating group) is 1. The third-order valence-electron chi connectivity index (χ3n) is 4.69. The zero-order chi connectivity index (χ0) is 14.4. The van der Waals surface area contributed by atoms with Crippen molar-refractivity contribution in [1.82, 2.24) is 4.90 Å². The summed E-state index contributed by atoms with van der Waals surface area (Å²) >= 11 is 0. The predicted octanol–water partition coefficient (Wildman–Crippen LogP) is 4.04. The highest BCUT2D eigenvalue weighted by Gasteiger charge is 2.35. The molecular weight excluding hydrogens is 220 g/mol. The molecule has 0 saturated heterocycles. The quantitative estimate of drug-likeness (QED) is 0.664. The maximum absolute atomic E-state index is 6.06. The van der Waals surface area contributed by atoms with Crippen LogP contribution < -0.4 is 5.73 Å². The number of hydrogen-bond donors (Lipinski definition) is 1. The lowest BCUT2D eigenvalue weighted by atomic mass is 9.82. The van der Waals surface area contributed by atoms with Gasteiger partial charge in [0.1, 0.15) is 0 Å². The van der Waals surface area contributed by atoms with E-state index in [-0.39, 0.29) is 5.54 Å². The van der Waals surface area contributed by atoms with Crippen LogP contribution in [0.15, 0.2) is 0 Å². The van der Waals surface area contributed by atoms with Crippen LogP contribution in [0.3, 0.4) is 0 Å². The summed E-state index contributed by atoms with van der Waals surface area (Å²) in [6.07, 6.45) is 6.49. The molecule has 0 heterocycles. The van der Waals surface area contributed by atoms with Crippen LogP contribution in [-0.2, 0) is 0 Å². The molecule has 0 aliphatic rings. The lowest BCUT2D eigenvalue weighted by molar-refractivity contribution is 0.0355. The van der Waals surface area contributed by atoms with E-state index in [4.69, 9.17) is 5.73 Å². The van der Waals surface area contributed by atoms with Gasteiger partial charge in [-0.25, -0.2) is 0 Å². The lowest BCUT2D eigenvalue weighted by Gasteiger charge is -2.46. The number of nitrogens with two attached hydrogens (primary N) is 1. The third kappa shape index (κ3) is 5.27. The second kappa shape index (κ2) is 7.49. The average molecular weight is 256 g/mol. The Hall–Kier alpha value is -0.0800. The summed E-state index contributed by atoms with van der Waals surface area (Å²) in [7, 11) is 2.24. The molecular formula is C16H36N2. The number of nitrogens with zero attached hydrogens (tertiary/aromatic N) is 1. The molecule has 18 heavy (non-hydrogen) atoms. The minimum atomic E-state index is 0.139. The van der Waals surface area contributed by atoms with Gasteiger partial charge in [0.05, 0.1) is 0 Å². The van der Waals surface area contributed by atoms with Crippen LogP contribution in [0.4, 0.5) is 0 Å². The van der Waals surface area contributed by atoms with Crippen molar-refractivity contribution in [2.24, 2.45) is 11.1 Å². The summed E-state index contributed by atoms with van der Waals surface area (Å²) < 4.78 is 0. The molecule has 2 unspecified atom stereocenters. The van der Waals surface area contributed by atoms with Gasteiger partial charge >= 0.3 is 0 Å². The predicted molar refractivity (Wildman–Crippen MR) is 82.9 cm³/mol. The molecule has 0 aliphatic carbocycles. The second-order valence-corrected chi connectivity index (χ2v) is 7.16. The van der Waals surface area contributed by atoms with Crippen molar-refractivity contribution in [3.63, 3.8) is 0 Å². The minimum Gasteiger partial charge on any atom is -0.329 e. The van der Waals surface area contributed by atoms with Gasteiger partial charge in [-0.2, -0.15) is 0 Å². The van der Waals surface area contributed by atoms with E-state index in [9.17, 15) is 0 Å². The maximum atomic E-state index is 6.06. The largest absolute Gasteiger partial charge is 0.329 e. The standard InChI is InChI=1S/C16H36N2/c1-8-9-10-11-12-16(6,13-17)18(7)14(2)15(3,4)5/h14H,8-13,17H2,1-7H3. The van der Waals surface area contributed by atoms with Crippen molar-refractivity contribution in [2.75, 3.05) is 13.6 Å². The van der Waals surface area contributed by atoms with Crippen LogP contribution in [0.25, 0.3) is 0 Å². The van der Waals surface area contributed by atoms with Crippen LogP contribution in [0.2, 0.25) is 0 Å². The zero-order valence-electron chi connectivity index (χ0n) is 13.8. The normalized spacial score (nSPS) is 17.8. The smallest absolute Gasteiger partial charge is 0.0303 e. The molecule has 0 spiro atoms. The topological polar surface area (TPSA) is 29.3 Å². The van der Waals surface area contributed by atoms with E-state index < -0.39 is 0 Å². The van der Waals surface area contributed by atoms with Gasteiger partial charge in [0.15, 0.2) is 0 Å². The Kier molecular flexibility index (Phi) is 7.46. The molecule has 0 amide bonds. The van der Waals surface area contributed by atoms with E-state index in [1.165, 1.54) is 32.1 Å². The summed E-state index contributed by atoms with van der Waals surface area (Å²) in [5, 5.41) is 0. The molecule has 2 nitrogen and oxygen atoms in total. The van der Waals surface area contributed by atoms with Gasteiger partial charge in [0.2, 0.25) is 0 Å². The Morgan fingerprint density at radius 1 is 1.06 bits per heavy atom. The first-order valence-electron chi connectivity index (χ1n) is 7.62. The van der Waals surface area contributed by atoms with Crippen LogP contribution in [0.5, 0.6) is 0 Å². The van der Waals surface area contributed by atoms with Crippen LogP contribution >= 0.6 is 0 Å². The highest BCUT2D eigenvalue weighted by molar-refractivity contribution is 4.91. The number of unbranched alkanes of at least 4 members (excludes halogenated alkanes) is 3. The first kappa shape index (κ1) is 17.9. The lowest BCUT2D eigenvalue weighted by Crippen LogP contribution is -2.56. The highest BCUT2D eigenvalue weighted by atomic mass is 15.2. The van der Waals surface area contributed by atoms with E-state index in [0.717, 1.165) is 6.54 Å². The fourth-order valence-electron chi connectivity index (χ4n) is 2.40. The molecule has 0 radical (unpaired) electrons. The first-order chi connectivity index (χ1) is 8.19. The Labute approximate surface area is 115 Å². The number of hydrogen-bond acceptors (Lipinski definition) is 2. The summed E-state index contributed by atoms with van der Waals surface area (Å²) in [6.45, 7) is 14.6. The molecule has 110 valence electrons. The minimum absolute atomic E-state index is 0.139. The fraction of sp³-hybridized carbons (Fsp3) is 1.00. The van der Waals surface area contributed by atoms with Crippen LogP contribution in [0, 0.1) is 5.41 Å². The summed E-state index contributed by atoms with van der Waals surface area (Å²) in [4.78, 5) is 2.50. The van der Waals surface area contributed by atoms with E-state index in [1.54, 1.807) is 0 Å². The van der Waals surface area contributed by atoms with Gasteiger partial charge in [-0.1, -0.05) is 53.4 Å². The fourth-order valence-corrected chi connectivity index (χ4v) is 2.40. The van der Waals surface area contributed by atoms with Crippen LogP contribution in [0.1, 0.15) is 73.6 Å². The van der Waals surface area contributed by atoms with E-state index in [1.807, 2.05) is 0 Å². The van der Waals surface area contributed by atoms with Gasteiger partial charge in [0, 0.05) is 18.1 Å². The van der Waals surface area contributed by atoms with E-state index in [2.05, 4.69) is 53.5 Å². The molecule has 0 aromatic rings. The van der Waals surface area contributed by atoms with Crippen molar-refractivity contribution in [3.05, 3.63) is 0 Å². The van der Waals surface area contributed by atoms with Crippen molar-refractivity contribution in [2.45, 2.75) is 85.2 Å². The molecule has 2 N–H and O–H groups in total. The maximum Gasteiger partial charge on any atom is 0.0303 e. The zero-order valence-corrected chi connectivity index (χ0v) is 13.8. The Morgan fingerprint density at radius 3 is 2.00 bits per heavy atom. The van der Waals surface area contributed by atoms with Crippen molar-refractivity contribution in [1.29, 1.82) is 0 Å². The summed E-state index contributed by atoms with van der Waals surface area (Å²) in [5.41, 5.74) is 6.50.